The van der Waals surface area contributed by atoms with E-state index in [0.29, 0.717) is 23.5 Å². The van der Waals surface area contributed by atoms with Gasteiger partial charge in [0.25, 0.3) is 0 Å². The average molecular weight is 215 g/mol. The van der Waals surface area contributed by atoms with Gasteiger partial charge in [-0.3, -0.25) is 0 Å². The van der Waals surface area contributed by atoms with Gasteiger partial charge in [0, 0.05) is 6.42 Å². The number of tetrazole rings is 1. The van der Waals surface area contributed by atoms with Gasteiger partial charge in [0.1, 0.15) is 0 Å². The highest BCUT2D eigenvalue weighted by atomic mass is 16.3. The lowest BCUT2D eigenvalue weighted by atomic mass is 10.2. The normalized spacial score (nSPS) is 10.0. The van der Waals surface area contributed by atoms with Crippen LogP contribution in [0.1, 0.15) is 11.4 Å². The Morgan fingerprint density at radius 3 is 3.06 bits per heavy atom. The maximum Gasteiger partial charge on any atom is 0.177 e. The molecule has 80 valence electrons. The Labute approximate surface area is 91.8 Å². The third-order valence-corrected chi connectivity index (χ3v) is 2.00. The first-order chi connectivity index (χ1) is 7.83. The molecular formula is C10H9N5O. The van der Waals surface area contributed by atoms with Crippen LogP contribution in [-0.4, -0.2) is 31.9 Å². The van der Waals surface area contributed by atoms with Crippen LogP contribution in [0.3, 0.4) is 0 Å². The van der Waals surface area contributed by atoms with E-state index in [-0.39, 0.29) is 6.61 Å². The Morgan fingerprint density at radius 1 is 1.44 bits per heavy atom. The van der Waals surface area contributed by atoms with Crippen molar-refractivity contribution in [2.45, 2.75) is 6.42 Å². The van der Waals surface area contributed by atoms with Gasteiger partial charge in [-0.15, -0.1) is 15.0 Å². The van der Waals surface area contributed by atoms with Crippen LogP contribution in [0.4, 0.5) is 0 Å². The van der Waals surface area contributed by atoms with Crippen LogP contribution in [-0.2, 0) is 6.42 Å². The van der Waals surface area contributed by atoms with Crippen molar-refractivity contribution in [3.8, 4) is 11.8 Å². The van der Waals surface area contributed by atoms with Crippen molar-refractivity contribution in [1.29, 1.82) is 5.26 Å². The molecule has 2 rings (SSSR count). The smallest absolute Gasteiger partial charge is 0.177 e. The number of aromatic nitrogens is 4. The summed E-state index contributed by atoms with van der Waals surface area (Å²) in [5.74, 6) is 0.477. The lowest BCUT2D eigenvalue weighted by Gasteiger charge is -1.97. The van der Waals surface area contributed by atoms with E-state index in [4.69, 9.17) is 10.4 Å². The van der Waals surface area contributed by atoms with Gasteiger partial charge in [0.2, 0.25) is 0 Å². The van der Waals surface area contributed by atoms with E-state index in [0.717, 1.165) is 0 Å². The number of aliphatic hydroxyl groups excluding tert-OH is 1. The van der Waals surface area contributed by atoms with Crippen molar-refractivity contribution < 1.29 is 5.11 Å². The molecule has 0 fully saturated rings. The predicted molar refractivity (Wildman–Crippen MR) is 54.7 cm³/mol. The number of nitriles is 1. The zero-order valence-electron chi connectivity index (χ0n) is 8.41. The van der Waals surface area contributed by atoms with Gasteiger partial charge < -0.3 is 5.11 Å². The van der Waals surface area contributed by atoms with Crippen LogP contribution in [0.15, 0.2) is 24.3 Å². The van der Waals surface area contributed by atoms with Gasteiger partial charge in [-0.25, -0.2) is 0 Å². The summed E-state index contributed by atoms with van der Waals surface area (Å²) in [6.45, 7) is -0.00999. The molecule has 1 heterocycles. The van der Waals surface area contributed by atoms with Crippen LogP contribution in [0.25, 0.3) is 5.69 Å². The van der Waals surface area contributed by atoms with Crippen molar-refractivity contribution >= 4 is 0 Å². The zero-order valence-corrected chi connectivity index (χ0v) is 8.41. The molecule has 0 aliphatic heterocycles. The molecule has 1 aromatic heterocycles. The molecule has 0 spiro atoms. The van der Waals surface area contributed by atoms with Crippen LogP contribution in [0.2, 0.25) is 0 Å². The fourth-order valence-corrected chi connectivity index (χ4v) is 1.25. The monoisotopic (exact) mass is 215 g/mol. The second-order valence-electron chi connectivity index (χ2n) is 3.13. The third-order valence-electron chi connectivity index (χ3n) is 2.00. The minimum absolute atomic E-state index is 0.00999. The van der Waals surface area contributed by atoms with Gasteiger partial charge in [-0.1, -0.05) is 6.07 Å². The van der Waals surface area contributed by atoms with Crippen molar-refractivity contribution in [1.82, 2.24) is 20.2 Å². The summed E-state index contributed by atoms with van der Waals surface area (Å²) in [6, 6.07) is 8.95. The largest absolute Gasteiger partial charge is 0.396 e. The summed E-state index contributed by atoms with van der Waals surface area (Å²) in [5, 5.41) is 29.2. The fraction of sp³-hybridized carbons (Fsp3) is 0.200. The first kappa shape index (κ1) is 10.3. The quantitative estimate of drug-likeness (QED) is 0.782. The topological polar surface area (TPSA) is 87.6 Å². The summed E-state index contributed by atoms with van der Waals surface area (Å²) in [7, 11) is 0. The Hall–Kier alpha value is -2.26. The lowest BCUT2D eigenvalue weighted by molar-refractivity contribution is 0.296. The van der Waals surface area contributed by atoms with Crippen molar-refractivity contribution in [2.75, 3.05) is 6.61 Å². The van der Waals surface area contributed by atoms with Gasteiger partial charge in [0.05, 0.1) is 23.9 Å². The Bertz CT molecular complexity index is 528. The number of rotatable bonds is 3. The predicted octanol–water partition coefficient (Wildman–Crippen LogP) is 0.0688. The highest BCUT2D eigenvalue weighted by Gasteiger charge is 2.04. The van der Waals surface area contributed by atoms with Gasteiger partial charge in [-0.2, -0.15) is 5.26 Å². The standard InChI is InChI=1S/C10H9N5O/c11-7-8-2-1-3-9(6-8)15-13-10(4-5-16)12-14-15/h1-3,6,16H,4-5H2. The highest BCUT2D eigenvalue weighted by Crippen LogP contribution is 2.07. The van der Waals surface area contributed by atoms with Crippen molar-refractivity contribution in [3.05, 3.63) is 35.7 Å². The van der Waals surface area contributed by atoms with Crippen molar-refractivity contribution in [3.63, 3.8) is 0 Å². The van der Waals surface area contributed by atoms with Gasteiger partial charge in [-0.05, 0) is 23.4 Å². The van der Waals surface area contributed by atoms with Crippen LogP contribution >= 0.6 is 0 Å². The summed E-state index contributed by atoms with van der Waals surface area (Å²) in [4.78, 5) is 1.34. The first-order valence-electron chi connectivity index (χ1n) is 4.74. The number of benzene rings is 1. The minimum Gasteiger partial charge on any atom is -0.396 e. The maximum atomic E-state index is 8.75. The molecule has 0 aliphatic rings. The van der Waals surface area contributed by atoms with E-state index >= 15 is 0 Å². The molecule has 6 nitrogen and oxygen atoms in total. The molecule has 2 aromatic rings. The van der Waals surface area contributed by atoms with E-state index in [1.54, 1.807) is 24.3 Å². The molecular weight excluding hydrogens is 206 g/mol. The summed E-state index contributed by atoms with van der Waals surface area (Å²) in [6.07, 6.45) is 0.373. The second-order valence-corrected chi connectivity index (χ2v) is 3.13. The molecule has 0 saturated carbocycles. The molecule has 1 N–H and O–H groups in total. The minimum atomic E-state index is -0.00999. The lowest BCUT2D eigenvalue weighted by Crippen LogP contribution is -2.00. The third kappa shape index (κ3) is 2.04. The van der Waals surface area contributed by atoms with E-state index in [2.05, 4.69) is 15.4 Å². The number of hydrogen-bond donors (Lipinski definition) is 1. The van der Waals surface area contributed by atoms with E-state index in [9.17, 15) is 0 Å². The molecule has 0 unspecified atom stereocenters. The van der Waals surface area contributed by atoms with E-state index in [1.165, 1.54) is 4.80 Å². The molecule has 6 heteroatoms. The number of aliphatic hydroxyl groups is 1. The van der Waals surface area contributed by atoms with E-state index in [1.807, 2.05) is 6.07 Å². The Balaban J connectivity index is 2.32. The molecule has 0 saturated heterocycles. The molecule has 16 heavy (non-hydrogen) atoms. The molecule has 0 radical (unpaired) electrons. The summed E-state index contributed by atoms with van der Waals surface area (Å²) in [5.41, 5.74) is 1.22. The molecule has 1 aromatic carbocycles. The fourth-order valence-electron chi connectivity index (χ4n) is 1.25. The molecule has 0 aliphatic carbocycles. The maximum absolute atomic E-state index is 8.75. The number of hydrogen-bond acceptors (Lipinski definition) is 5. The number of nitrogens with zero attached hydrogens (tertiary/aromatic N) is 5. The molecule has 0 atom stereocenters. The average Bonchev–Trinajstić information content (AvgIpc) is 2.78. The molecule has 0 bridgehead atoms. The first-order valence-corrected chi connectivity index (χ1v) is 4.74. The van der Waals surface area contributed by atoms with Crippen LogP contribution < -0.4 is 0 Å². The Morgan fingerprint density at radius 2 is 2.31 bits per heavy atom. The SMILES string of the molecule is N#Cc1cccc(-n2nnc(CCO)n2)c1. The summed E-state index contributed by atoms with van der Waals surface area (Å²) < 4.78 is 0. The van der Waals surface area contributed by atoms with Crippen molar-refractivity contribution in [2.24, 2.45) is 0 Å². The van der Waals surface area contributed by atoms with Gasteiger partial charge in [0.15, 0.2) is 5.82 Å². The highest BCUT2D eigenvalue weighted by molar-refractivity contribution is 5.39. The zero-order chi connectivity index (χ0) is 11.4. The summed E-state index contributed by atoms with van der Waals surface area (Å²) >= 11 is 0. The second kappa shape index (κ2) is 4.51. The van der Waals surface area contributed by atoms with Crippen LogP contribution in [0.5, 0.6) is 0 Å². The van der Waals surface area contributed by atoms with E-state index < -0.39 is 0 Å². The van der Waals surface area contributed by atoms with Crippen LogP contribution in [0, 0.1) is 11.3 Å². The molecule has 0 amide bonds. The Kier molecular flexibility index (Phi) is 2.89. The van der Waals surface area contributed by atoms with Gasteiger partial charge >= 0.3 is 0 Å².